The van der Waals surface area contributed by atoms with Crippen LogP contribution in [0.3, 0.4) is 0 Å². The van der Waals surface area contributed by atoms with Crippen molar-refractivity contribution in [2.24, 2.45) is 5.92 Å². The summed E-state index contributed by atoms with van der Waals surface area (Å²) in [5.41, 5.74) is 0.622. The zero-order valence-electron chi connectivity index (χ0n) is 13.6. The molecule has 6 nitrogen and oxygen atoms in total. The summed E-state index contributed by atoms with van der Waals surface area (Å²) in [6.07, 6.45) is 7.37. The van der Waals surface area contributed by atoms with E-state index in [4.69, 9.17) is 4.74 Å². The van der Waals surface area contributed by atoms with E-state index in [-0.39, 0.29) is 12.1 Å². The van der Waals surface area contributed by atoms with Gasteiger partial charge in [-0.1, -0.05) is 6.58 Å². The minimum absolute atomic E-state index is 0.115. The maximum atomic E-state index is 11.9. The third-order valence-electron chi connectivity index (χ3n) is 3.43. The predicted octanol–water partition coefficient (Wildman–Crippen LogP) is 2.38. The smallest absolute Gasteiger partial charge is 0.407 e. The van der Waals surface area contributed by atoms with E-state index in [2.05, 4.69) is 22.3 Å². The minimum Gasteiger partial charge on any atom is -0.444 e. The normalized spacial score (nSPS) is 16.1. The maximum Gasteiger partial charge on any atom is 0.407 e. The Morgan fingerprint density at radius 2 is 2.32 bits per heavy atom. The predicted molar refractivity (Wildman–Crippen MR) is 86.2 cm³/mol. The third-order valence-corrected chi connectivity index (χ3v) is 3.43. The molecule has 1 atom stereocenters. The average molecular weight is 306 g/mol. The zero-order chi connectivity index (χ0) is 16.2. The van der Waals surface area contributed by atoms with Gasteiger partial charge in [-0.25, -0.2) is 9.48 Å². The van der Waals surface area contributed by atoms with Crippen molar-refractivity contribution >= 4 is 12.3 Å². The molecule has 1 amide bonds. The molecule has 0 aromatic carbocycles. The van der Waals surface area contributed by atoms with E-state index in [9.17, 15) is 4.79 Å². The van der Waals surface area contributed by atoms with Crippen LogP contribution in [-0.2, 0) is 11.3 Å². The van der Waals surface area contributed by atoms with Gasteiger partial charge in [-0.15, -0.1) is 0 Å². The van der Waals surface area contributed by atoms with Crippen LogP contribution in [0.15, 0.2) is 19.0 Å². The van der Waals surface area contributed by atoms with E-state index >= 15 is 0 Å². The van der Waals surface area contributed by atoms with Gasteiger partial charge in [0.25, 0.3) is 0 Å². The summed E-state index contributed by atoms with van der Waals surface area (Å²) in [5.74, 6) is 0.552. The van der Waals surface area contributed by atoms with Gasteiger partial charge < -0.3 is 15.4 Å². The molecule has 1 aromatic heterocycles. The van der Waals surface area contributed by atoms with Gasteiger partial charge in [0.15, 0.2) is 0 Å². The highest BCUT2D eigenvalue weighted by atomic mass is 16.6. The molecule has 0 saturated heterocycles. The molecule has 0 spiro atoms. The van der Waals surface area contributed by atoms with Gasteiger partial charge in [-0.2, -0.15) is 5.10 Å². The third kappa shape index (κ3) is 5.52. The number of alkyl carbamates (subject to hydrolysis) is 1. The molecule has 1 aromatic rings. The molecule has 22 heavy (non-hydrogen) atoms. The van der Waals surface area contributed by atoms with E-state index in [1.165, 1.54) is 0 Å². The monoisotopic (exact) mass is 306 g/mol. The van der Waals surface area contributed by atoms with E-state index < -0.39 is 5.60 Å². The first-order valence-electron chi connectivity index (χ1n) is 7.73. The molecule has 1 heterocycles. The summed E-state index contributed by atoms with van der Waals surface area (Å²) in [4.78, 5) is 11.9. The van der Waals surface area contributed by atoms with Crippen LogP contribution in [0.2, 0.25) is 0 Å². The largest absolute Gasteiger partial charge is 0.444 e. The summed E-state index contributed by atoms with van der Waals surface area (Å²) < 4.78 is 7.00. The lowest BCUT2D eigenvalue weighted by Crippen LogP contribution is -2.45. The summed E-state index contributed by atoms with van der Waals surface area (Å²) in [6.45, 7) is 10.7. The van der Waals surface area contributed by atoms with Crippen LogP contribution in [0.4, 0.5) is 4.79 Å². The Morgan fingerprint density at radius 3 is 2.86 bits per heavy atom. The molecule has 122 valence electrons. The number of carbonyl (C=O) groups is 1. The second-order valence-electron chi connectivity index (χ2n) is 6.73. The Hall–Kier alpha value is -1.82. The number of rotatable bonds is 7. The van der Waals surface area contributed by atoms with Gasteiger partial charge in [0.05, 0.1) is 6.20 Å². The molecule has 0 bridgehead atoms. The van der Waals surface area contributed by atoms with Gasteiger partial charge in [0, 0.05) is 37.1 Å². The molecule has 6 heteroatoms. The molecular weight excluding hydrogens is 280 g/mol. The van der Waals surface area contributed by atoms with Gasteiger partial charge in [0.1, 0.15) is 5.60 Å². The first kappa shape index (κ1) is 16.5. The highest BCUT2D eigenvalue weighted by Gasteiger charge is 2.33. The van der Waals surface area contributed by atoms with Crippen LogP contribution in [0.25, 0.3) is 6.20 Å². The number of hydrogen-bond donors (Lipinski definition) is 2. The van der Waals surface area contributed by atoms with Gasteiger partial charge in [-0.3, -0.25) is 0 Å². The second-order valence-corrected chi connectivity index (χ2v) is 6.73. The van der Waals surface area contributed by atoms with Crippen molar-refractivity contribution in [1.29, 1.82) is 0 Å². The van der Waals surface area contributed by atoms with Crippen LogP contribution in [-0.4, -0.2) is 34.1 Å². The first-order valence-corrected chi connectivity index (χ1v) is 7.73. The van der Waals surface area contributed by atoms with Crippen LogP contribution in [0.5, 0.6) is 0 Å². The Morgan fingerprint density at radius 1 is 1.59 bits per heavy atom. The van der Waals surface area contributed by atoms with Gasteiger partial charge in [-0.05, 0) is 39.5 Å². The van der Waals surface area contributed by atoms with E-state index in [1.807, 2.05) is 33.2 Å². The van der Waals surface area contributed by atoms with Crippen molar-refractivity contribution in [1.82, 2.24) is 20.4 Å². The number of nitrogens with zero attached hydrogens (tertiary/aromatic N) is 2. The number of nitrogens with one attached hydrogen (secondary N) is 2. The fourth-order valence-electron chi connectivity index (χ4n) is 2.23. The molecule has 2 rings (SSSR count). The van der Waals surface area contributed by atoms with Crippen molar-refractivity contribution in [3.05, 3.63) is 24.5 Å². The minimum atomic E-state index is -0.467. The standard InChI is InChI=1S/C16H26N4O2/c1-5-20-11-12(9-18-20)8-17-10-14(13-6-7-13)19-15(21)22-16(2,3)4/h5,9,11,13-14,17H,1,6-8,10H2,2-4H3,(H,19,21). The summed E-state index contributed by atoms with van der Waals surface area (Å²) in [7, 11) is 0. The average Bonchev–Trinajstić information content (AvgIpc) is 3.15. The molecule has 1 aliphatic rings. The van der Waals surface area contributed by atoms with Gasteiger partial charge in [0.2, 0.25) is 0 Å². The van der Waals surface area contributed by atoms with Crippen molar-refractivity contribution < 1.29 is 9.53 Å². The molecule has 1 fully saturated rings. The number of hydrogen-bond acceptors (Lipinski definition) is 4. The quantitative estimate of drug-likeness (QED) is 0.811. The Kier molecular flexibility index (Phi) is 5.24. The highest BCUT2D eigenvalue weighted by Crippen LogP contribution is 2.32. The van der Waals surface area contributed by atoms with E-state index in [0.29, 0.717) is 12.5 Å². The molecule has 1 saturated carbocycles. The molecular formula is C16H26N4O2. The molecule has 0 radical (unpaired) electrons. The van der Waals surface area contributed by atoms with E-state index in [0.717, 1.165) is 24.9 Å². The lowest BCUT2D eigenvalue weighted by atomic mass is 10.2. The summed E-state index contributed by atoms with van der Waals surface area (Å²) >= 11 is 0. The van der Waals surface area contributed by atoms with E-state index in [1.54, 1.807) is 10.9 Å². The molecule has 1 unspecified atom stereocenters. The fourth-order valence-corrected chi connectivity index (χ4v) is 2.23. The lowest BCUT2D eigenvalue weighted by molar-refractivity contribution is 0.0497. The fraction of sp³-hybridized carbons (Fsp3) is 0.625. The van der Waals surface area contributed by atoms with Gasteiger partial charge >= 0.3 is 6.09 Å². The highest BCUT2D eigenvalue weighted by molar-refractivity contribution is 5.68. The van der Waals surface area contributed by atoms with Crippen molar-refractivity contribution in [3.63, 3.8) is 0 Å². The maximum absolute atomic E-state index is 11.9. The van der Waals surface area contributed by atoms with Crippen LogP contribution in [0.1, 0.15) is 39.2 Å². The number of aromatic nitrogens is 2. The topological polar surface area (TPSA) is 68.2 Å². The Labute approximate surface area is 131 Å². The number of amides is 1. The summed E-state index contributed by atoms with van der Waals surface area (Å²) in [5, 5.41) is 10.5. The molecule has 2 N–H and O–H groups in total. The Bertz CT molecular complexity index is 514. The van der Waals surface area contributed by atoms with Crippen LogP contribution >= 0.6 is 0 Å². The summed E-state index contributed by atoms with van der Waals surface area (Å²) in [6, 6.07) is 0.115. The van der Waals surface area contributed by atoms with Crippen LogP contribution in [0, 0.1) is 5.92 Å². The van der Waals surface area contributed by atoms with Crippen molar-refractivity contribution in [3.8, 4) is 0 Å². The Balaban J connectivity index is 1.77. The number of ether oxygens (including phenoxy) is 1. The molecule has 0 aliphatic heterocycles. The SMILES string of the molecule is C=Cn1cc(CNCC(NC(=O)OC(C)(C)C)C2CC2)cn1. The first-order chi connectivity index (χ1) is 10.4. The second kappa shape index (κ2) is 6.96. The molecule has 1 aliphatic carbocycles. The number of carbonyl (C=O) groups excluding carboxylic acids is 1. The lowest BCUT2D eigenvalue weighted by Gasteiger charge is -2.23. The zero-order valence-corrected chi connectivity index (χ0v) is 13.6. The van der Waals surface area contributed by atoms with Crippen LogP contribution < -0.4 is 10.6 Å². The van der Waals surface area contributed by atoms with Crippen molar-refractivity contribution in [2.75, 3.05) is 6.54 Å². The van der Waals surface area contributed by atoms with Crippen molar-refractivity contribution in [2.45, 2.75) is 51.8 Å².